The number of nitrogens with two attached hydrogens (primary N) is 1. The van der Waals surface area contributed by atoms with E-state index in [1.807, 2.05) is 4.90 Å². The number of carbonyl (C=O) groups is 1. The Morgan fingerprint density at radius 1 is 1.26 bits per heavy atom. The van der Waals surface area contributed by atoms with E-state index in [0.717, 1.165) is 32.4 Å². The molecule has 1 aliphatic carbocycles. The molecule has 1 aliphatic heterocycles. The third-order valence-electron chi connectivity index (χ3n) is 4.30. The molecule has 1 amide bonds. The summed E-state index contributed by atoms with van der Waals surface area (Å²) in [6.45, 7) is 1.90. The summed E-state index contributed by atoms with van der Waals surface area (Å²) in [5, 5.41) is 3.73. The van der Waals surface area contributed by atoms with Gasteiger partial charge in [-0.25, -0.2) is 0 Å². The average molecular weight is 269 g/mol. The van der Waals surface area contributed by atoms with Crippen molar-refractivity contribution in [2.75, 3.05) is 26.8 Å². The van der Waals surface area contributed by atoms with Crippen LogP contribution in [0.4, 0.5) is 0 Å². The van der Waals surface area contributed by atoms with Gasteiger partial charge in [-0.3, -0.25) is 4.79 Å². The van der Waals surface area contributed by atoms with Crippen LogP contribution >= 0.6 is 0 Å². The second-order valence-corrected chi connectivity index (χ2v) is 5.88. The minimum atomic E-state index is 0.112. The minimum Gasteiger partial charge on any atom is -0.375 e. The molecule has 1 saturated heterocycles. The van der Waals surface area contributed by atoms with Crippen LogP contribution in [0.3, 0.4) is 0 Å². The zero-order valence-corrected chi connectivity index (χ0v) is 11.9. The van der Waals surface area contributed by atoms with E-state index < -0.39 is 0 Å². The standard InChI is InChI=1S/C14H27N3O2/c1-19-10-14(18)17-7-5-12(6-8-17)16-13-4-2-3-11(15)9-13/h11-13,16H,2-10,15H2,1H3. The number of carbonyl (C=O) groups excluding carboxylic acids is 1. The number of rotatable bonds is 4. The van der Waals surface area contributed by atoms with Crippen LogP contribution in [0.25, 0.3) is 0 Å². The molecule has 0 aromatic carbocycles. The number of nitrogens with one attached hydrogen (secondary N) is 1. The van der Waals surface area contributed by atoms with Crippen molar-refractivity contribution in [3.05, 3.63) is 0 Å². The first kappa shape index (κ1) is 14.8. The van der Waals surface area contributed by atoms with Gasteiger partial charge in [0.2, 0.25) is 5.91 Å². The molecule has 2 aliphatic rings. The summed E-state index contributed by atoms with van der Waals surface area (Å²) >= 11 is 0. The van der Waals surface area contributed by atoms with Gasteiger partial charge in [0.05, 0.1) is 0 Å². The number of piperidine rings is 1. The van der Waals surface area contributed by atoms with Crippen LogP contribution in [0, 0.1) is 0 Å². The molecule has 5 heteroatoms. The fraction of sp³-hybridized carbons (Fsp3) is 0.929. The number of nitrogens with zero attached hydrogens (tertiary/aromatic N) is 1. The molecule has 0 spiro atoms. The minimum absolute atomic E-state index is 0.112. The van der Waals surface area contributed by atoms with Crippen LogP contribution in [0.2, 0.25) is 0 Å². The number of hydrogen-bond acceptors (Lipinski definition) is 4. The lowest BCUT2D eigenvalue weighted by Gasteiger charge is -2.36. The van der Waals surface area contributed by atoms with E-state index in [-0.39, 0.29) is 12.5 Å². The van der Waals surface area contributed by atoms with Crippen molar-refractivity contribution in [3.63, 3.8) is 0 Å². The Hall–Kier alpha value is -0.650. The fourth-order valence-corrected chi connectivity index (χ4v) is 3.22. The quantitative estimate of drug-likeness (QED) is 0.779. The van der Waals surface area contributed by atoms with E-state index >= 15 is 0 Å². The maximum Gasteiger partial charge on any atom is 0.248 e. The molecule has 2 rings (SSSR count). The van der Waals surface area contributed by atoms with Crippen LogP contribution in [0.15, 0.2) is 0 Å². The number of methoxy groups -OCH3 is 1. The third-order valence-corrected chi connectivity index (χ3v) is 4.30. The Morgan fingerprint density at radius 3 is 2.63 bits per heavy atom. The van der Waals surface area contributed by atoms with Crippen LogP contribution < -0.4 is 11.1 Å². The van der Waals surface area contributed by atoms with E-state index in [0.29, 0.717) is 18.1 Å². The van der Waals surface area contributed by atoms with Gasteiger partial charge >= 0.3 is 0 Å². The van der Waals surface area contributed by atoms with E-state index in [4.69, 9.17) is 10.5 Å². The van der Waals surface area contributed by atoms with Gasteiger partial charge < -0.3 is 20.7 Å². The van der Waals surface area contributed by atoms with Gasteiger partial charge in [0, 0.05) is 38.3 Å². The summed E-state index contributed by atoms with van der Waals surface area (Å²) in [7, 11) is 1.57. The van der Waals surface area contributed by atoms with Crippen LogP contribution in [-0.4, -0.2) is 55.7 Å². The first-order chi connectivity index (χ1) is 9.19. The van der Waals surface area contributed by atoms with Crippen molar-refractivity contribution in [1.29, 1.82) is 0 Å². The molecule has 1 saturated carbocycles. The van der Waals surface area contributed by atoms with E-state index in [9.17, 15) is 4.79 Å². The van der Waals surface area contributed by atoms with E-state index in [2.05, 4.69) is 5.32 Å². The summed E-state index contributed by atoms with van der Waals surface area (Å²) in [6, 6.07) is 1.49. The van der Waals surface area contributed by atoms with Gasteiger partial charge in [-0.05, 0) is 32.1 Å². The molecule has 0 bridgehead atoms. The lowest BCUT2D eigenvalue weighted by molar-refractivity contribution is -0.136. The van der Waals surface area contributed by atoms with E-state index in [1.165, 1.54) is 19.3 Å². The number of ether oxygens (including phenoxy) is 1. The summed E-state index contributed by atoms with van der Waals surface area (Å²) in [4.78, 5) is 13.6. The number of hydrogen-bond donors (Lipinski definition) is 2. The molecule has 110 valence electrons. The molecular weight excluding hydrogens is 242 g/mol. The van der Waals surface area contributed by atoms with Crippen molar-refractivity contribution >= 4 is 5.91 Å². The third kappa shape index (κ3) is 4.44. The normalized spacial score (nSPS) is 29.5. The fourth-order valence-electron chi connectivity index (χ4n) is 3.22. The van der Waals surface area contributed by atoms with Crippen LogP contribution in [0.5, 0.6) is 0 Å². The van der Waals surface area contributed by atoms with Crippen molar-refractivity contribution in [2.24, 2.45) is 5.73 Å². The number of amides is 1. The Morgan fingerprint density at radius 2 is 2.00 bits per heavy atom. The van der Waals surface area contributed by atoms with Gasteiger partial charge in [-0.2, -0.15) is 0 Å². The van der Waals surface area contributed by atoms with Gasteiger partial charge in [0.15, 0.2) is 0 Å². The Labute approximate surface area is 115 Å². The lowest BCUT2D eigenvalue weighted by Crippen LogP contribution is -2.50. The average Bonchev–Trinajstić information content (AvgIpc) is 2.40. The maximum atomic E-state index is 11.7. The van der Waals surface area contributed by atoms with Crippen molar-refractivity contribution < 1.29 is 9.53 Å². The highest BCUT2D eigenvalue weighted by Crippen LogP contribution is 2.19. The SMILES string of the molecule is COCC(=O)N1CCC(NC2CCCC(N)C2)CC1. The van der Waals surface area contributed by atoms with Crippen molar-refractivity contribution in [2.45, 2.75) is 56.7 Å². The summed E-state index contributed by atoms with van der Waals surface area (Å²) in [5.41, 5.74) is 6.02. The zero-order valence-electron chi connectivity index (χ0n) is 11.9. The summed E-state index contributed by atoms with van der Waals surface area (Å²) in [5.74, 6) is 0.112. The Balaban J connectivity index is 1.69. The predicted molar refractivity (Wildman–Crippen MR) is 74.8 cm³/mol. The Bertz CT molecular complexity index is 290. The molecule has 2 unspecified atom stereocenters. The molecule has 0 radical (unpaired) electrons. The smallest absolute Gasteiger partial charge is 0.248 e. The highest BCUT2D eigenvalue weighted by Gasteiger charge is 2.26. The van der Waals surface area contributed by atoms with Crippen LogP contribution in [-0.2, 0) is 9.53 Å². The second kappa shape index (κ2) is 7.22. The molecule has 3 N–H and O–H groups in total. The molecule has 5 nitrogen and oxygen atoms in total. The first-order valence-corrected chi connectivity index (χ1v) is 7.47. The van der Waals surface area contributed by atoms with Gasteiger partial charge in [-0.1, -0.05) is 6.42 Å². The van der Waals surface area contributed by atoms with Crippen molar-refractivity contribution in [3.8, 4) is 0 Å². The highest BCUT2D eigenvalue weighted by atomic mass is 16.5. The monoisotopic (exact) mass is 269 g/mol. The molecule has 1 heterocycles. The largest absolute Gasteiger partial charge is 0.375 e. The second-order valence-electron chi connectivity index (χ2n) is 5.88. The molecule has 19 heavy (non-hydrogen) atoms. The molecule has 0 aromatic rings. The van der Waals surface area contributed by atoms with Crippen molar-refractivity contribution in [1.82, 2.24) is 10.2 Å². The molecular formula is C14H27N3O2. The predicted octanol–water partition coefficient (Wildman–Crippen LogP) is 0.483. The number of likely N-dealkylation sites (tertiary alicyclic amines) is 1. The molecule has 2 atom stereocenters. The zero-order chi connectivity index (χ0) is 13.7. The topological polar surface area (TPSA) is 67.6 Å². The highest BCUT2D eigenvalue weighted by molar-refractivity contribution is 5.77. The maximum absolute atomic E-state index is 11.7. The lowest BCUT2D eigenvalue weighted by atomic mass is 9.90. The first-order valence-electron chi connectivity index (χ1n) is 7.47. The molecule has 0 aromatic heterocycles. The van der Waals surface area contributed by atoms with Gasteiger partial charge in [0.1, 0.15) is 6.61 Å². The van der Waals surface area contributed by atoms with Crippen LogP contribution in [0.1, 0.15) is 38.5 Å². The Kier molecular flexibility index (Phi) is 5.60. The summed E-state index contributed by atoms with van der Waals surface area (Å²) < 4.78 is 4.90. The van der Waals surface area contributed by atoms with E-state index in [1.54, 1.807) is 7.11 Å². The summed E-state index contributed by atoms with van der Waals surface area (Å²) in [6.07, 6.45) is 6.84. The van der Waals surface area contributed by atoms with Gasteiger partial charge in [-0.15, -0.1) is 0 Å². The molecule has 2 fully saturated rings. The van der Waals surface area contributed by atoms with Gasteiger partial charge in [0.25, 0.3) is 0 Å².